The first kappa shape index (κ1) is 19.6. The normalized spacial score (nSPS) is 18.9. The molecule has 0 bridgehead atoms. The van der Waals surface area contributed by atoms with E-state index < -0.39 is 5.97 Å². The number of esters is 1. The van der Waals surface area contributed by atoms with Gasteiger partial charge in [0.2, 0.25) is 11.8 Å². The summed E-state index contributed by atoms with van der Waals surface area (Å²) in [7, 11) is 1.30. The molecule has 2 aromatic rings. The van der Waals surface area contributed by atoms with Crippen LogP contribution in [0.5, 0.6) is 0 Å². The van der Waals surface area contributed by atoms with Crippen LogP contribution in [0.4, 0.5) is 11.5 Å². The Bertz CT molecular complexity index is 868. The van der Waals surface area contributed by atoms with Gasteiger partial charge in [0, 0.05) is 17.9 Å². The Morgan fingerprint density at radius 1 is 1.04 bits per heavy atom. The fourth-order valence-corrected chi connectivity index (χ4v) is 3.39. The third-order valence-electron chi connectivity index (χ3n) is 4.94. The molecule has 1 aromatic carbocycles. The average molecular weight is 385 g/mol. The summed E-state index contributed by atoms with van der Waals surface area (Å²) in [6, 6.07) is 8.39. The van der Waals surface area contributed by atoms with Gasteiger partial charge in [0.1, 0.15) is 5.76 Å². The van der Waals surface area contributed by atoms with Crippen molar-refractivity contribution in [1.29, 1.82) is 0 Å². The van der Waals surface area contributed by atoms with E-state index in [0.717, 1.165) is 0 Å². The van der Waals surface area contributed by atoms with Crippen molar-refractivity contribution in [2.75, 3.05) is 17.7 Å². The molecule has 28 heavy (non-hydrogen) atoms. The number of anilines is 2. The summed E-state index contributed by atoms with van der Waals surface area (Å²) in [6.07, 6.45) is 2.42. The van der Waals surface area contributed by atoms with Crippen LogP contribution in [0, 0.1) is 18.8 Å². The van der Waals surface area contributed by atoms with E-state index >= 15 is 0 Å². The van der Waals surface area contributed by atoms with E-state index in [1.165, 1.54) is 7.11 Å². The van der Waals surface area contributed by atoms with Gasteiger partial charge in [-0.05, 0) is 44.7 Å². The topological polar surface area (TPSA) is 111 Å². The number of para-hydroxylation sites is 1. The zero-order valence-corrected chi connectivity index (χ0v) is 15.9. The highest BCUT2D eigenvalue weighted by atomic mass is 16.5. The van der Waals surface area contributed by atoms with Crippen LogP contribution < -0.4 is 10.6 Å². The molecule has 0 saturated heterocycles. The number of hydrogen-bond donors (Lipinski definition) is 2. The van der Waals surface area contributed by atoms with Gasteiger partial charge in [0.15, 0.2) is 5.82 Å². The smallest absolute Gasteiger partial charge is 0.339 e. The first-order valence-electron chi connectivity index (χ1n) is 9.20. The van der Waals surface area contributed by atoms with Crippen molar-refractivity contribution in [1.82, 2.24) is 5.16 Å². The standard InChI is InChI=1S/C20H23N3O5/c1-12-11-17(23-28-12)22-19(25)14-9-7-13(8-10-14)18(24)21-16-6-4-3-5-15(16)20(26)27-2/h3-6,11,13-14H,7-10H2,1-2H3,(H,21,24)(H,22,23,25). The van der Waals surface area contributed by atoms with Crippen LogP contribution >= 0.6 is 0 Å². The summed E-state index contributed by atoms with van der Waals surface area (Å²) in [5.74, 6) is -0.0953. The molecule has 2 amide bonds. The molecule has 1 fully saturated rings. The van der Waals surface area contributed by atoms with Gasteiger partial charge in [-0.2, -0.15) is 0 Å². The Hall–Kier alpha value is -3.16. The van der Waals surface area contributed by atoms with Gasteiger partial charge in [-0.25, -0.2) is 4.79 Å². The third-order valence-corrected chi connectivity index (χ3v) is 4.94. The van der Waals surface area contributed by atoms with Gasteiger partial charge >= 0.3 is 5.97 Å². The maximum Gasteiger partial charge on any atom is 0.339 e. The molecular formula is C20H23N3O5. The summed E-state index contributed by atoms with van der Waals surface area (Å²) in [6.45, 7) is 1.75. The number of carbonyl (C=O) groups excluding carboxylic acids is 3. The van der Waals surface area contributed by atoms with Crippen molar-refractivity contribution in [3.8, 4) is 0 Å². The molecule has 0 spiro atoms. The van der Waals surface area contributed by atoms with Gasteiger partial charge in [0.25, 0.3) is 0 Å². The number of carbonyl (C=O) groups is 3. The molecule has 1 saturated carbocycles. The van der Waals surface area contributed by atoms with E-state index in [1.54, 1.807) is 37.3 Å². The van der Waals surface area contributed by atoms with Gasteiger partial charge < -0.3 is 19.9 Å². The predicted molar refractivity (Wildman–Crippen MR) is 102 cm³/mol. The number of rotatable bonds is 5. The molecule has 1 aliphatic rings. The summed E-state index contributed by atoms with van der Waals surface area (Å²) in [5.41, 5.74) is 0.745. The lowest BCUT2D eigenvalue weighted by atomic mass is 9.81. The molecule has 1 aliphatic carbocycles. The van der Waals surface area contributed by atoms with Crippen LogP contribution in [0.3, 0.4) is 0 Å². The second-order valence-electron chi connectivity index (χ2n) is 6.89. The van der Waals surface area contributed by atoms with E-state index in [0.29, 0.717) is 48.5 Å². The zero-order valence-electron chi connectivity index (χ0n) is 15.9. The van der Waals surface area contributed by atoms with E-state index in [1.807, 2.05) is 0 Å². The number of amides is 2. The minimum absolute atomic E-state index is 0.108. The van der Waals surface area contributed by atoms with Crippen molar-refractivity contribution < 1.29 is 23.6 Å². The number of aromatic nitrogens is 1. The van der Waals surface area contributed by atoms with Crippen LogP contribution in [0.15, 0.2) is 34.9 Å². The highest BCUT2D eigenvalue weighted by molar-refractivity contribution is 6.02. The monoisotopic (exact) mass is 385 g/mol. The number of methoxy groups -OCH3 is 1. The summed E-state index contributed by atoms with van der Waals surface area (Å²) >= 11 is 0. The van der Waals surface area contributed by atoms with E-state index in [9.17, 15) is 14.4 Å². The van der Waals surface area contributed by atoms with Crippen LogP contribution in [0.1, 0.15) is 41.8 Å². The molecular weight excluding hydrogens is 362 g/mol. The molecule has 0 unspecified atom stereocenters. The lowest BCUT2D eigenvalue weighted by Gasteiger charge is -2.27. The molecule has 0 radical (unpaired) electrons. The number of hydrogen-bond acceptors (Lipinski definition) is 6. The molecule has 1 heterocycles. The van der Waals surface area contributed by atoms with Crippen molar-refractivity contribution in [3.63, 3.8) is 0 Å². The minimum atomic E-state index is -0.501. The lowest BCUT2D eigenvalue weighted by molar-refractivity contribution is -0.125. The van der Waals surface area contributed by atoms with Crippen LogP contribution in [0.25, 0.3) is 0 Å². The van der Waals surface area contributed by atoms with Gasteiger partial charge in [-0.15, -0.1) is 0 Å². The molecule has 0 atom stereocenters. The van der Waals surface area contributed by atoms with Crippen LogP contribution in [-0.2, 0) is 14.3 Å². The second-order valence-corrected chi connectivity index (χ2v) is 6.89. The number of benzene rings is 1. The second kappa shape index (κ2) is 8.69. The molecule has 8 heteroatoms. The van der Waals surface area contributed by atoms with Gasteiger partial charge in [-0.1, -0.05) is 17.3 Å². The third kappa shape index (κ3) is 4.57. The van der Waals surface area contributed by atoms with E-state index in [4.69, 9.17) is 9.26 Å². The van der Waals surface area contributed by atoms with Crippen molar-refractivity contribution in [2.45, 2.75) is 32.6 Å². The first-order chi connectivity index (χ1) is 13.5. The average Bonchev–Trinajstić information content (AvgIpc) is 3.12. The van der Waals surface area contributed by atoms with E-state index in [-0.39, 0.29) is 23.7 Å². The largest absolute Gasteiger partial charge is 0.465 e. The first-order valence-corrected chi connectivity index (χ1v) is 9.20. The van der Waals surface area contributed by atoms with Crippen molar-refractivity contribution in [3.05, 3.63) is 41.7 Å². The van der Waals surface area contributed by atoms with Crippen molar-refractivity contribution >= 4 is 29.3 Å². The number of nitrogens with zero attached hydrogens (tertiary/aromatic N) is 1. The minimum Gasteiger partial charge on any atom is -0.465 e. The van der Waals surface area contributed by atoms with Gasteiger partial charge in [-0.3, -0.25) is 9.59 Å². The fraction of sp³-hybridized carbons (Fsp3) is 0.400. The van der Waals surface area contributed by atoms with Gasteiger partial charge in [0.05, 0.1) is 18.4 Å². The number of aryl methyl sites for hydroxylation is 1. The molecule has 8 nitrogen and oxygen atoms in total. The van der Waals surface area contributed by atoms with Crippen molar-refractivity contribution in [2.24, 2.45) is 11.8 Å². The number of ether oxygens (including phenoxy) is 1. The summed E-state index contributed by atoms with van der Waals surface area (Å²) < 4.78 is 9.69. The molecule has 1 aromatic heterocycles. The fourth-order valence-electron chi connectivity index (χ4n) is 3.39. The SMILES string of the molecule is COC(=O)c1ccccc1NC(=O)C1CCC(C(=O)Nc2cc(C)on2)CC1. The molecule has 148 valence electrons. The predicted octanol–water partition coefficient (Wildman–Crippen LogP) is 3.15. The highest BCUT2D eigenvalue weighted by Gasteiger charge is 2.30. The quantitative estimate of drug-likeness (QED) is 0.765. The summed E-state index contributed by atoms with van der Waals surface area (Å²) in [5, 5.41) is 9.33. The molecule has 2 N–H and O–H groups in total. The Kier molecular flexibility index (Phi) is 6.08. The Morgan fingerprint density at radius 3 is 2.21 bits per heavy atom. The van der Waals surface area contributed by atoms with Crippen LogP contribution in [0.2, 0.25) is 0 Å². The Morgan fingerprint density at radius 2 is 1.64 bits per heavy atom. The van der Waals surface area contributed by atoms with E-state index in [2.05, 4.69) is 15.8 Å². The maximum absolute atomic E-state index is 12.6. The highest BCUT2D eigenvalue weighted by Crippen LogP contribution is 2.31. The maximum atomic E-state index is 12.6. The van der Waals surface area contributed by atoms with Crippen LogP contribution in [-0.4, -0.2) is 30.1 Å². The summed E-state index contributed by atoms with van der Waals surface area (Å²) in [4.78, 5) is 36.8. The molecule has 0 aliphatic heterocycles. The Balaban J connectivity index is 1.54. The number of nitrogens with one attached hydrogen (secondary N) is 2. The molecule has 3 rings (SSSR count). The lowest BCUT2D eigenvalue weighted by Crippen LogP contribution is -2.32. The Labute approximate surface area is 162 Å². The zero-order chi connectivity index (χ0) is 20.1.